The summed E-state index contributed by atoms with van der Waals surface area (Å²) < 4.78 is 4.85. The Morgan fingerprint density at radius 3 is 2.57 bits per heavy atom. The van der Waals surface area contributed by atoms with Crippen molar-refractivity contribution in [3.05, 3.63) is 0 Å². The molecule has 1 N–H and O–H groups in total. The van der Waals surface area contributed by atoms with Crippen molar-refractivity contribution in [3.63, 3.8) is 0 Å². The van der Waals surface area contributed by atoms with Crippen molar-refractivity contribution in [1.82, 2.24) is 5.06 Å². The van der Waals surface area contributed by atoms with Gasteiger partial charge in [-0.1, -0.05) is 26.7 Å². The maximum absolute atomic E-state index is 11.2. The van der Waals surface area contributed by atoms with Gasteiger partial charge in [0.05, 0.1) is 12.6 Å². The number of carbonyl (C=O) groups is 1. The minimum atomic E-state index is -0.639. The summed E-state index contributed by atoms with van der Waals surface area (Å²) in [7, 11) is 0. The van der Waals surface area contributed by atoms with Crippen molar-refractivity contribution in [2.24, 2.45) is 0 Å². The van der Waals surface area contributed by atoms with Crippen LogP contribution in [0.1, 0.15) is 46.5 Å². The SMILES string of the molecule is CCCCOC(=O)N(O)C(C)CCC. The first-order chi connectivity index (χ1) is 6.63. The number of amides is 1. The predicted octanol–water partition coefficient (Wildman–Crippen LogP) is 2.80. The first-order valence-corrected chi connectivity index (χ1v) is 5.28. The summed E-state index contributed by atoms with van der Waals surface area (Å²) >= 11 is 0. The second kappa shape index (κ2) is 7.62. The van der Waals surface area contributed by atoms with Gasteiger partial charge < -0.3 is 4.74 Å². The molecule has 0 aliphatic carbocycles. The first kappa shape index (κ1) is 13.2. The lowest BCUT2D eigenvalue weighted by Gasteiger charge is -2.21. The Morgan fingerprint density at radius 2 is 2.07 bits per heavy atom. The summed E-state index contributed by atoms with van der Waals surface area (Å²) in [5.74, 6) is 0. The van der Waals surface area contributed by atoms with Crippen LogP contribution >= 0.6 is 0 Å². The van der Waals surface area contributed by atoms with E-state index < -0.39 is 6.09 Å². The quantitative estimate of drug-likeness (QED) is 0.410. The van der Waals surface area contributed by atoms with E-state index in [1.165, 1.54) is 0 Å². The van der Waals surface area contributed by atoms with E-state index in [0.717, 1.165) is 25.7 Å². The van der Waals surface area contributed by atoms with Gasteiger partial charge in [-0.05, 0) is 19.8 Å². The van der Waals surface area contributed by atoms with Crippen molar-refractivity contribution >= 4 is 6.09 Å². The zero-order chi connectivity index (χ0) is 11.0. The molecule has 0 aliphatic heterocycles. The Kier molecular flexibility index (Phi) is 7.20. The Bertz CT molecular complexity index is 161. The van der Waals surface area contributed by atoms with E-state index in [1.807, 2.05) is 13.8 Å². The van der Waals surface area contributed by atoms with Crippen LogP contribution in [0.2, 0.25) is 0 Å². The molecule has 0 heterocycles. The Balaban J connectivity index is 3.74. The highest BCUT2D eigenvalue weighted by Crippen LogP contribution is 2.05. The maximum atomic E-state index is 11.2. The van der Waals surface area contributed by atoms with Gasteiger partial charge in [-0.3, -0.25) is 5.21 Å². The molecule has 0 spiro atoms. The van der Waals surface area contributed by atoms with E-state index in [0.29, 0.717) is 11.7 Å². The van der Waals surface area contributed by atoms with Crippen LogP contribution < -0.4 is 0 Å². The van der Waals surface area contributed by atoms with Gasteiger partial charge in [-0.15, -0.1) is 0 Å². The number of hydrogen-bond donors (Lipinski definition) is 1. The lowest BCUT2D eigenvalue weighted by molar-refractivity contribution is -0.102. The molecule has 0 aliphatic rings. The normalized spacial score (nSPS) is 12.3. The molecule has 1 amide bonds. The minimum absolute atomic E-state index is 0.172. The van der Waals surface area contributed by atoms with Crippen LogP contribution in [0, 0.1) is 0 Å². The Hall–Kier alpha value is -0.770. The summed E-state index contributed by atoms with van der Waals surface area (Å²) in [6.07, 6.45) is 2.88. The lowest BCUT2D eigenvalue weighted by atomic mass is 10.2. The van der Waals surface area contributed by atoms with Crippen LogP contribution in [-0.4, -0.2) is 29.0 Å². The number of hydrogen-bond acceptors (Lipinski definition) is 3. The third kappa shape index (κ3) is 5.07. The molecule has 0 saturated heterocycles. The van der Waals surface area contributed by atoms with Gasteiger partial charge in [0, 0.05) is 0 Å². The average Bonchev–Trinajstić information content (AvgIpc) is 2.17. The van der Waals surface area contributed by atoms with Crippen molar-refractivity contribution in [1.29, 1.82) is 0 Å². The number of nitrogens with zero attached hydrogens (tertiary/aromatic N) is 1. The summed E-state index contributed by atoms with van der Waals surface area (Å²) in [6.45, 7) is 6.20. The Labute approximate surface area is 85.8 Å². The van der Waals surface area contributed by atoms with E-state index in [1.54, 1.807) is 6.92 Å². The molecular weight excluding hydrogens is 182 g/mol. The van der Waals surface area contributed by atoms with Gasteiger partial charge in [-0.25, -0.2) is 4.79 Å². The van der Waals surface area contributed by atoms with Crippen LogP contribution in [0.5, 0.6) is 0 Å². The first-order valence-electron chi connectivity index (χ1n) is 5.28. The second-order valence-electron chi connectivity index (χ2n) is 3.45. The number of unbranched alkanes of at least 4 members (excludes halogenated alkanes) is 1. The number of rotatable bonds is 6. The topological polar surface area (TPSA) is 49.8 Å². The predicted molar refractivity (Wildman–Crippen MR) is 54.3 cm³/mol. The highest BCUT2D eigenvalue weighted by molar-refractivity contribution is 5.66. The van der Waals surface area contributed by atoms with Crippen molar-refractivity contribution in [2.75, 3.05) is 6.61 Å². The van der Waals surface area contributed by atoms with E-state index in [4.69, 9.17) is 4.74 Å². The molecule has 0 bridgehead atoms. The van der Waals surface area contributed by atoms with Crippen LogP contribution in [-0.2, 0) is 4.74 Å². The molecule has 0 saturated carbocycles. The highest BCUT2D eigenvalue weighted by Gasteiger charge is 2.18. The minimum Gasteiger partial charge on any atom is -0.448 e. The molecule has 14 heavy (non-hydrogen) atoms. The number of hydroxylamine groups is 2. The van der Waals surface area contributed by atoms with Gasteiger partial charge in [0.25, 0.3) is 0 Å². The summed E-state index contributed by atoms with van der Waals surface area (Å²) in [4.78, 5) is 11.2. The van der Waals surface area contributed by atoms with Gasteiger partial charge >= 0.3 is 6.09 Å². The summed E-state index contributed by atoms with van der Waals surface area (Å²) in [6, 6.07) is -0.172. The van der Waals surface area contributed by atoms with Crippen molar-refractivity contribution < 1.29 is 14.7 Å². The number of ether oxygens (including phenoxy) is 1. The molecule has 0 rings (SSSR count). The van der Waals surface area contributed by atoms with E-state index in [9.17, 15) is 10.0 Å². The van der Waals surface area contributed by atoms with Crippen LogP contribution in [0.3, 0.4) is 0 Å². The van der Waals surface area contributed by atoms with Crippen molar-refractivity contribution in [3.8, 4) is 0 Å². The lowest BCUT2D eigenvalue weighted by Crippen LogP contribution is -2.36. The monoisotopic (exact) mass is 203 g/mol. The van der Waals surface area contributed by atoms with Crippen LogP contribution in [0.25, 0.3) is 0 Å². The fourth-order valence-corrected chi connectivity index (χ4v) is 1.09. The molecule has 0 fully saturated rings. The third-order valence-corrected chi connectivity index (χ3v) is 2.03. The molecule has 0 aromatic rings. The number of carbonyl (C=O) groups excluding carboxylic acids is 1. The molecule has 84 valence electrons. The average molecular weight is 203 g/mol. The standard InChI is InChI=1S/C10H21NO3/c1-4-6-8-14-10(12)11(13)9(3)7-5-2/h9,13H,4-8H2,1-3H3. The largest absolute Gasteiger partial charge is 0.448 e. The highest BCUT2D eigenvalue weighted by atomic mass is 16.6. The van der Waals surface area contributed by atoms with Gasteiger partial charge in [0.2, 0.25) is 0 Å². The van der Waals surface area contributed by atoms with Crippen LogP contribution in [0.4, 0.5) is 4.79 Å². The molecular formula is C10H21NO3. The molecule has 0 radical (unpaired) electrons. The molecule has 0 aromatic carbocycles. The maximum Gasteiger partial charge on any atom is 0.433 e. The zero-order valence-electron chi connectivity index (χ0n) is 9.32. The van der Waals surface area contributed by atoms with Gasteiger partial charge in [-0.2, -0.15) is 5.06 Å². The van der Waals surface area contributed by atoms with E-state index in [2.05, 4.69) is 0 Å². The second-order valence-corrected chi connectivity index (χ2v) is 3.45. The Morgan fingerprint density at radius 1 is 1.43 bits per heavy atom. The summed E-state index contributed by atoms with van der Waals surface area (Å²) in [5.41, 5.74) is 0. The molecule has 1 atom stereocenters. The van der Waals surface area contributed by atoms with E-state index in [-0.39, 0.29) is 6.04 Å². The van der Waals surface area contributed by atoms with Gasteiger partial charge in [0.15, 0.2) is 0 Å². The van der Waals surface area contributed by atoms with Crippen molar-refractivity contribution in [2.45, 2.75) is 52.5 Å². The van der Waals surface area contributed by atoms with Crippen LogP contribution in [0.15, 0.2) is 0 Å². The molecule has 4 heteroatoms. The third-order valence-electron chi connectivity index (χ3n) is 2.03. The zero-order valence-corrected chi connectivity index (χ0v) is 9.32. The fourth-order valence-electron chi connectivity index (χ4n) is 1.09. The fraction of sp³-hybridized carbons (Fsp3) is 0.900. The smallest absolute Gasteiger partial charge is 0.433 e. The summed E-state index contributed by atoms with van der Waals surface area (Å²) in [5, 5.41) is 10.1. The van der Waals surface area contributed by atoms with Gasteiger partial charge in [0.1, 0.15) is 0 Å². The molecule has 4 nitrogen and oxygen atoms in total. The molecule has 0 aromatic heterocycles. The van der Waals surface area contributed by atoms with E-state index >= 15 is 0 Å². The molecule has 1 unspecified atom stereocenters.